The van der Waals surface area contributed by atoms with Crippen LogP contribution in [0.25, 0.3) is 0 Å². The summed E-state index contributed by atoms with van der Waals surface area (Å²) in [6.07, 6.45) is 2.01. The maximum atomic E-state index is 14.5. The number of aromatic nitrogens is 1. The molecule has 0 amide bonds. The first kappa shape index (κ1) is 18.0. The molecular weight excluding hydrogens is 349 g/mol. The third-order valence-corrected chi connectivity index (χ3v) is 4.58. The minimum absolute atomic E-state index is 0.0767. The maximum absolute atomic E-state index is 14.5. The second kappa shape index (κ2) is 7.63. The molecule has 0 radical (unpaired) electrons. The molecule has 0 aliphatic heterocycles. The van der Waals surface area contributed by atoms with E-state index in [0.29, 0.717) is 11.3 Å². The summed E-state index contributed by atoms with van der Waals surface area (Å²) in [5, 5.41) is 12.4. The zero-order valence-electron chi connectivity index (χ0n) is 14.6. The molecule has 1 heterocycles. The van der Waals surface area contributed by atoms with Gasteiger partial charge in [0.25, 0.3) is 0 Å². The van der Waals surface area contributed by atoms with Crippen LogP contribution in [-0.2, 0) is 0 Å². The van der Waals surface area contributed by atoms with Crippen molar-refractivity contribution in [3.8, 4) is 6.07 Å². The van der Waals surface area contributed by atoms with Crippen molar-refractivity contribution in [3.63, 3.8) is 0 Å². The fourth-order valence-corrected chi connectivity index (χ4v) is 3.15. The number of nitrogens with one attached hydrogen (secondary N) is 1. The van der Waals surface area contributed by atoms with E-state index >= 15 is 0 Å². The van der Waals surface area contributed by atoms with Crippen molar-refractivity contribution in [1.29, 1.82) is 5.26 Å². The normalized spacial score (nSPS) is 12.0. The van der Waals surface area contributed by atoms with Gasteiger partial charge in [-0.05, 0) is 55.8 Å². The van der Waals surface area contributed by atoms with Crippen LogP contribution in [0, 0.1) is 17.1 Å². The zero-order chi connectivity index (χ0) is 18.7. The lowest BCUT2D eigenvalue weighted by Crippen LogP contribution is -2.18. The van der Waals surface area contributed by atoms with Gasteiger partial charge in [-0.15, -0.1) is 0 Å². The van der Waals surface area contributed by atoms with E-state index in [4.69, 9.17) is 16.9 Å². The van der Waals surface area contributed by atoms with E-state index < -0.39 is 5.82 Å². The van der Waals surface area contributed by atoms with Gasteiger partial charge >= 0.3 is 0 Å². The second-order valence-electron chi connectivity index (χ2n) is 6.35. The van der Waals surface area contributed by atoms with Crippen LogP contribution in [0.3, 0.4) is 0 Å². The summed E-state index contributed by atoms with van der Waals surface area (Å²) in [5.74, 6) is -0.476. The molecule has 0 saturated heterocycles. The molecule has 0 aliphatic carbocycles. The lowest BCUT2D eigenvalue weighted by Gasteiger charge is -2.24. The summed E-state index contributed by atoms with van der Waals surface area (Å²) in [6, 6.07) is 18.3. The molecule has 0 saturated carbocycles. The molecule has 2 aromatic carbocycles. The van der Waals surface area contributed by atoms with Crippen molar-refractivity contribution in [3.05, 3.63) is 88.5 Å². The third kappa shape index (κ3) is 3.58. The minimum Gasteiger partial charge on any atom is -0.370 e. The summed E-state index contributed by atoms with van der Waals surface area (Å²) in [4.78, 5) is 0. The Morgan fingerprint density at radius 2 is 1.81 bits per heavy atom. The first-order valence-corrected chi connectivity index (χ1v) is 8.76. The van der Waals surface area contributed by atoms with E-state index in [1.165, 1.54) is 6.07 Å². The van der Waals surface area contributed by atoms with Crippen LogP contribution in [0.4, 0.5) is 10.1 Å². The smallest absolute Gasteiger partial charge is 0.164 e. The van der Waals surface area contributed by atoms with Crippen LogP contribution in [0.5, 0.6) is 0 Å². The van der Waals surface area contributed by atoms with E-state index in [1.807, 2.05) is 30.5 Å². The second-order valence-corrected chi connectivity index (χ2v) is 6.75. The SMILES string of the molecule is CC(C)n1cccc1C(Nc1cccc(Cl)c1F)c1ccc(C#N)cc1. The molecule has 5 heteroatoms. The van der Waals surface area contributed by atoms with Crippen molar-refractivity contribution in [1.82, 2.24) is 4.57 Å². The van der Waals surface area contributed by atoms with Crippen molar-refractivity contribution < 1.29 is 4.39 Å². The molecule has 0 fully saturated rings. The number of nitriles is 1. The molecule has 0 spiro atoms. The number of anilines is 1. The summed E-state index contributed by atoms with van der Waals surface area (Å²) in [6.45, 7) is 4.19. The quantitative estimate of drug-likeness (QED) is 0.606. The van der Waals surface area contributed by atoms with E-state index in [9.17, 15) is 4.39 Å². The maximum Gasteiger partial charge on any atom is 0.164 e. The standard InChI is InChI=1S/C21H19ClFN3/c1-14(2)26-12-4-7-19(26)21(16-10-8-15(13-24)9-11-16)25-18-6-3-5-17(22)20(18)23/h3-12,14,21,25H,1-2H3. The van der Waals surface area contributed by atoms with Gasteiger partial charge in [-0.1, -0.05) is 29.8 Å². The Bertz CT molecular complexity index is 939. The van der Waals surface area contributed by atoms with Crippen molar-refractivity contribution in [2.75, 3.05) is 5.32 Å². The van der Waals surface area contributed by atoms with Crippen LogP contribution in [0.1, 0.15) is 42.8 Å². The van der Waals surface area contributed by atoms with Crippen molar-refractivity contribution in [2.24, 2.45) is 0 Å². The Kier molecular flexibility index (Phi) is 5.29. The van der Waals surface area contributed by atoms with Crippen LogP contribution in [-0.4, -0.2) is 4.57 Å². The van der Waals surface area contributed by atoms with Crippen LogP contribution < -0.4 is 5.32 Å². The molecule has 3 rings (SSSR count). The zero-order valence-corrected chi connectivity index (χ0v) is 15.3. The molecule has 1 unspecified atom stereocenters. The topological polar surface area (TPSA) is 40.8 Å². The Balaban J connectivity index is 2.08. The van der Waals surface area contributed by atoms with Gasteiger partial charge in [-0.2, -0.15) is 5.26 Å². The van der Waals surface area contributed by atoms with Gasteiger partial charge in [-0.25, -0.2) is 4.39 Å². The number of halogens is 2. The average molecular weight is 368 g/mol. The molecular formula is C21H19ClFN3. The van der Waals surface area contributed by atoms with Crippen molar-refractivity contribution >= 4 is 17.3 Å². The van der Waals surface area contributed by atoms with Gasteiger partial charge in [0.15, 0.2) is 5.82 Å². The first-order chi connectivity index (χ1) is 12.5. The minimum atomic E-state index is -0.476. The van der Waals surface area contributed by atoms with Gasteiger partial charge < -0.3 is 9.88 Å². The Labute approximate surface area is 157 Å². The average Bonchev–Trinajstić information content (AvgIpc) is 3.13. The highest BCUT2D eigenvalue weighted by Crippen LogP contribution is 2.31. The van der Waals surface area contributed by atoms with Crippen LogP contribution in [0.2, 0.25) is 5.02 Å². The molecule has 3 nitrogen and oxygen atoms in total. The number of nitrogens with zero attached hydrogens (tertiary/aromatic N) is 2. The lowest BCUT2D eigenvalue weighted by atomic mass is 10.0. The molecule has 1 atom stereocenters. The van der Waals surface area contributed by atoms with Crippen LogP contribution >= 0.6 is 11.6 Å². The highest BCUT2D eigenvalue weighted by molar-refractivity contribution is 6.31. The number of hydrogen-bond acceptors (Lipinski definition) is 2. The highest BCUT2D eigenvalue weighted by Gasteiger charge is 2.20. The summed E-state index contributed by atoms with van der Waals surface area (Å²) < 4.78 is 16.6. The molecule has 3 aromatic rings. The van der Waals surface area contributed by atoms with E-state index in [0.717, 1.165) is 11.3 Å². The number of hydrogen-bond donors (Lipinski definition) is 1. The summed E-state index contributed by atoms with van der Waals surface area (Å²) in [5.41, 5.74) is 2.86. The number of rotatable bonds is 5. The Morgan fingerprint density at radius 1 is 1.08 bits per heavy atom. The van der Waals surface area contributed by atoms with E-state index in [-0.39, 0.29) is 17.1 Å². The summed E-state index contributed by atoms with van der Waals surface area (Å²) >= 11 is 5.93. The van der Waals surface area contributed by atoms with E-state index in [2.05, 4.69) is 29.8 Å². The van der Waals surface area contributed by atoms with E-state index in [1.54, 1.807) is 24.3 Å². The third-order valence-electron chi connectivity index (χ3n) is 4.29. The summed E-state index contributed by atoms with van der Waals surface area (Å²) in [7, 11) is 0. The monoisotopic (exact) mass is 367 g/mol. The van der Waals surface area contributed by atoms with Gasteiger partial charge in [0.2, 0.25) is 0 Å². The van der Waals surface area contributed by atoms with Crippen LogP contribution in [0.15, 0.2) is 60.8 Å². The Hall–Kier alpha value is -2.77. The van der Waals surface area contributed by atoms with Gasteiger partial charge in [0.1, 0.15) is 0 Å². The fourth-order valence-electron chi connectivity index (χ4n) is 2.97. The number of benzene rings is 2. The molecule has 0 aliphatic rings. The molecule has 26 heavy (non-hydrogen) atoms. The fraction of sp³-hybridized carbons (Fsp3) is 0.190. The first-order valence-electron chi connectivity index (χ1n) is 8.38. The van der Waals surface area contributed by atoms with Crippen molar-refractivity contribution in [2.45, 2.75) is 25.9 Å². The van der Waals surface area contributed by atoms with Gasteiger partial charge in [0.05, 0.1) is 28.4 Å². The molecule has 132 valence electrons. The highest BCUT2D eigenvalue weighted by atomic mass is 35.5. The molecule has 1 aromatic heterocycles. The predicted molar refractivity (Wildman–Crippen MR) is 103 cm³/mol. The van der Waals surface area contributed by atoms with Gasteiger partial charge in [0, 0.05) is 17.9 Å². The molecule has 1 N–H and O–H groups in total. The predicted octanol–water partition coefficient (Wildman–Crippen LogP) is 5.93. The lowest BCUT2D eigenvalue weighted by molar-refractivity contribution is 0.567. The largest absolute Gasteiger partial charge is 0.370 e. The molecule has 0 bridgehead atoms. The Morgan fingerprint density at radius 3 is 2.46 bits per heavy atom. The van der Waals surface area contributed by atoms with Gasteiger partial charge in [-0.3, -0.25) is 0 Å².